The average molecular weight is 181 g/mol. The number of para-hydroxylation sites is 1. The largest absolute Gasteiger partial charge is 0.256 e. The molecule has 1 aromatic carbocycles. The highest BCUT2D eigenvalue weighted by molar-refractivity contribution is 5.80. The topological polar surface area (TPSA) is 12.9 Å². The van der Waals surface area contributed by atoms with Gasteiger partial charge in [0.25, 0.3) is 0 Å². The molecule has 0 spiro atoms. The first-order valence-corrected chi connectivity index (χ1v) is 4.48. The van der Waals surface area contributed by atoms with Crippen molar-refractivity contribution in [2.24, 2.45) is 0 Å². The molecule has 2 aromatic rings. The van der Waals surface area contributed by atoms with Crippen LogP contribution in [-0.2, 0) is 0 Å². The van der Waals surface area contributed by atoms with Gasteiger partial charge in [0.05, 0.1) is 5.52 Å². The van der Waals surface area contributed by atoms with E-state index in [0.717, 1.165) is 21.3 Å². The Morgan fingerprint density at radius 2 is 2.00 bits per heavy atom. The summed E-state index contributed by atoms with van der Waals surface area (Å²) in [7, 11) is 0. The SMILES string of the molecule is C=C/C=c1\c(=C)cnc2ccccc12. The lowest BCUT2D eigenvalue weighted by atomic mass is 10.1. The molecule has 0 aliphatic carbocycles. The van der Waals surface area contributed by atoms with Gasteiger partial charge in [0.1, 0.15) is 0 Å². The van der Waals surface area contributed by atoms with Gasteiger partial charge in [-0.25, -0.2) is 0 Å². The number of allylic oxidation sites excluding steroid dienone is 1. The van der Waals surface area contributed by atoms with Gasteiger partial charge in [0.15, 0.2) is 0 Å². The van der Waals surface area contributed by atoms with Gasteiger partial charge < -0.3 is 0 Å². The lowest BCUT2D eigenvalue weighted by molar-refractivity contribution is 1.36. The molecular weight excluding hydrogens is 170 g/mol. The fourth-order valence-corrected chi connectivity index (χ4v) is 1.52. The lowest BCUT2D eigenvalue weighted by Gasteiger charge is -1.97. The zero-order valence-electron chi connectivity index (χ0n) is 7.90. The molecule has 0 aliphatic heterocycles. The van der Waals surface area contributed by atoms with Crippen molar-refractivity contribution in [3.05, 3.63) is 53.6 Å². The fourth-order valence-electron chi connectivity index (χ4n) is 1.52. The first-order valence-electron chi connectivity index (χ1n) is 4.48. The van der Waals surface area contributed by atoms with Crippen LogP contribution in [0.3, 0.4) is 0 Å². The van der Waals surface area contributed by atoms with Crippen LogP contribution >= 0.6 is 0 Å². The number of hydrogen-bond donors (Lipinski definition) is 0. The van der Waals surface area contributed by atoms with Gasteiger partial charge >= 0.3 is 0 Å². The number of rotatable bonds is 1. The second-order valence-corrected chi connectivity index (χ2v) is 3.12. The number of pyridine rings is 1. The van der Waals surface area contributed by atoms with Gasteiger partial charge in [0.2, 0.25) is 0 Å². The summed E-state index contributed by atoms with van der Waals surface area (Å²) in [5, 5.41) is 3.16. The van der Waals surface area contributed by atoms with Crippen molar-refractivity contribution < 1.29 is 0 Å². The van der Waals surface area contributed by atoms with Crippen LogP contribution in [-0.4, -0.2) is 4.98 Å². The highest BCUT2D eigenvalue weighted by atomic mass is 14.6. The van der Waals surface area contributed by atoms with E-state index in [0.29, 0.717) is 0 Å². The van der Waals surface area contributed by atoms with Gasteiger partial charge in [0, 0.05) is 11.6 Å². The molecule has 1 heterocycles. The Morgan fingerprint density at radius 1 is 1.21 bits per heavy atom. The van der Waals surface area contributed by atoms with E-state index in [2.05, 4.69) is 18.1 Å². The van der Waals surface area contributed by atoms with Gasteiger partial charge in [-0.1, -0.05) is 43.5 Å². The molecule has 0 fully saturated rings. The molecule has 1 aromatic heterocycles. The van der Waals surface area contributed by atoms with E-state index in [4.69, 9.17) is 0 Å². The van der Waals surface area contributed by atoms with E-state index >= 15 is 0 Å². The molecule has 0 saturated carbocycles. The summed E-state index contributed by atoms with van der Waals surface area (Å²) >= 11 is 0. The average Bonchev–Trinajstić information content (AvgIpc) is 2.23. The molecule has 2 rings (SSSR count). The van der Waals surface area contributed by atoms with Crippen LogP contribution in [0.25, 0.3) is 23.6 Å². The number of hydrogen-bond acceptors (Lipinski definition) is 1. The van der Waals surface area contributed by atoms with Crippen LogP contribution in [0.15, 0.2) is 43.1 Å². The van der Waals surface area contributed by atoms with Crippen molar-refractivity contribution in [2.75, 3.05) is 0 Å². The van der Waals surface area contributed by atoms with Crippen molar-refractivity contribution in [2.45, 2.75) is 0 Å². The molecule has 0 radical (unpaired) electrons. The van der Waals surface area contributed by atoms with Gasteiger partial charge in [-0.3, -0.25) is 4.98 Å². The summed E-state index contributed by atoms with van der Waals surface area (Å²) in [4.78, 5) is 4.31. The number of nitrogens with zero attached hydrogens (tertiary/aromatic N) is 1. The molecule has 0 bridgehead atoms. The Kier molecular flexibility index (Phi) is 2.15. The summed E-state index contributed by atoms with van der Waals surface area (Å²) < 4.78 is 0. The summed E-state index contributed by atoms with van der Waals surface area (Å²) in [6, 6.07) is 8.03. The van der Waals surface area contributed by atoms with E-state index < -0.39 is 0 Å². The number of benzene rings is 1. The molecule has 0 aliphatic rings. The van der Waals surface area contributed by atoms with E-state index in [-0.39, 0.29) is 0 Å². The minimum Gasteiger partial charge on any atom is -0.256 e. The molecule has 68 valence electrons. The Morgan fingerprint density at radius 3 is 2.79 bits per heavy atom. The Hall–Kier alpha value is -1.89. The number of fused-ring (bicyclic) bond motifs is 1. The van der Waals surface area contributed by atoms with Gasteiger partial charge in [-0.2, -0.15) is 0 Å². The summed E-state index contributed by atoms with van der Waals surface area (Å²) in [6.45, 7) is 7.65. The highest BCUT2D eigenvalue weighted by Gasteiger charge is 1.94. The van der Waals surface area contributed by atoms with Crippen molar-refractivity contribution in [1.29, 1.82) is 0 Å². The third kappa shape index (κ3) is 1.33. The monoisotopic (exact) mass is 181 g/mol. The molecule has 1 nitrogen and oxygen atoms in total. The first-order chi connectivity index (χ1) is 6.83. The molecule has 0 saturated heterocycles. The molecular formula is C13H11N. The van der Waals surface area contributed by atoms with Crippen molar-refractivity contribution in [3.8, 4) is 0 Å². The second kappa shape index (κ2) is 3.46. The zero-order chi connectivity index (χ0) is 9.97. The Balaban J connectivity index is 3.05. The zero-order valence-corrected chi connectivity index (χ0v) is 7.90. The molecule has 1 heteroatoms. The maximum Gasteiger partial charge on any atom is 0.0708 e. The third-order valence-electron chi connectivity index (χ3n) is 2.18. The highest BCUT2D eigenvalue weighted by Crippen LogP contribution is 2.02. The first kappa shape index (κ1) is 8.70. The van der Waals surface area contributed by atoms with Crippen LogP contribution < -0.4 is 10.4 Å². The maximum atomic E-state index is 4.31. The van der Waals surface area contributed by atoms with Gasteiger partial charge in [-0.15, -0.1) is 0 Å². The van der Waals surface area contributed by atoms with Crippen LogP contribution in [0.1, 0.15) is 0 Å². The summed E-state index contributed by atoms with van der Waals surface area (Å²) in [5.41, 5.74) is 0.994. The summed E-state index contributed by atoms with van der Waals surface area (Å²) in [5.74, 6) is 0. The second-order valence-electron chi connectivity index (χ2n) is 3.12. The van der Waals surface area contributed by atoms with Crippen molar-refractivity contribution in [3.63, 3.8) is 0 Å². The minimum absolute atomic E-state index is 0.934. The molecule has 0 amide bonds. The molecule has 14 heavy (non-hydrogen) atoms. The van der Waals surface area contributed by atoms with E-state index in [9.17, 15) is 0 Å². The lowest BCUT2D eigenvalue weighted by Crippen LogP contribution is -2.24. The summed E-state index contributed by atoms with van der Waals surface area (Å²) in [6.07, 6.45) is 5.53. The van der Waals surface area contributed by atoms with Crippen molar-refractivity contribution in [1.82, 2.24) is 4.98 Å². The van der Waals surface area contributed by atoms with Crippen LogP contribution in [0.2, 0.25) is 0 Å². The van der Waals surface area contributed by atoms with Crippen LogP contribution in [0.4, 0.5) is 0 Å². The van der Waals surface area contributed by atoms with Gasteiger partial charge in [-0.05, 0) is 16.5 Å². The minimum atomic E-state index is 0.934. The predicted molar refractivity (Wildman–Crippen MR) is 61.2 cm³/mol. The van der Waals surface area contributed by atoms with Crippen molar-refractivity contribution >= 4 is 23.6 Å². The fraction of sp³-hybridized carbons (Fsp3) is 0. The normalized spacial score (nSPS) is 11.9. The molecule has 0 unspecified atom stereocenters. The quantitative estimate of drug-likeness (QED) is 0.651. The maximum absolute atomic E-state index is 4.31. The molecule has 0 N–H and O–H groups in total. The smallest absolute Gasteiger partial charge is 0.0708 e. The Bertz CT molecular complexity index is 582. The standard InChI is InChI=1S/C13H11N/c1-3-6-11-10(2)9-14-13-8-5-4-7-12(11)13/h3-9H,1-2H2/b11-6+. The van der Waals surface area contributed by atoms with E-state index in [1.165, 1.54) is 0 Å². The van der Waals surface area contributed by atoms with E-state index in [1.54, 1.807) is 12.3 Å². The Labute approximate surface area is 82.7 Å². The third-order valence-corrected chi connectivity index (χ3v) is 2.18. The predicted octanol–water partition coefficient (Wildman–Crippen LogP) is 1.61. The number of aromatic nitrogens is 1. The molecule has 0 atom stereocenters. The van der Waals surface area contributed by atoms with E-state index in [1.807, 2.05) is 30.3 Å². The van der Waals surface area contributed by atoms with Crippen LogP contribution in [0, 0.1) is 0 Å². The van der Waals surface area contributed by atoms with Crippen LogP contribution in [0.5, 0.6) is 0 Å².